The molecule has 0 radical (unpaired) electrons. The Bertz CT molecular complexity index is 433. The van der Waals surface area contributed by atoms with Gasteiger partial charge in [0.2, 0.25) is 5.91 Å². The lowest BCUT2D eigenvalue weighted by Gasteiger charge is -2.12. The number of amides is 1. The molecule has 1 aromatic carbocycles. The van der Waals surface area contributed by atoms with E-state index >= 15 is 0 Å². The van der Waals surface area contributed by atoms with Crippen molar-refractivity contribution < 1.29 is 9.90 Å². The maximum absolute atomic E-state index is 11.8. The number of unbranched alkanes of at least 4 members (excludes halogenated alkanes) is 10. The largest absolute Gasteiger partial charge is 0.387 e. The average molecular weight is 348 g/mol. The van der Waals surface area contributed by atoms with Crippen molar-refractivity contribution in [3.8, 4) is 0 Å². The number of aliphatic hydroxyl groups is 1. The van der Waals surface area contributed by atoms with Gasteiger partial charge in [-0.1, -0.05) is 101 Å². The van der Waals surface area contributed by atoms with Gasteiger partial charge in [0.1, 0.15) is 0 Å². The van der Waals surface area contributed by atoms with Crippen LogP contribution in [0.15, 0.2) is 30.3 Å². The van der Waals surface area contributed by atoms with Crippen molar-refractivity contribution in [1.82, 2.24) is 5.32 Å². The van der Waals surface area contributed by atoms with Gasteiger partial charge in [-0.3, -0.25) is 4.79 Å². The van der Waals surface area contributed by atoms with Crippen LogP contribution in [0.1, 0.15) is 95.6 Å². The summed E-state index contributed by atoms with van der Waals surface area (Å²) < 4.78 is 0. The van der Waals surface area contributed by atoms with Gasteiger partial charge in [-0.25, -0.2) is 0 Å². The van der Waals surface area contributed by atoms with Gasteiger partial charge in [-0.2, -0.15) is 0 Å². The van der Waals surface area contributed by atoms with Gasteiger partial charge >= 0.3 is 0 Å². The van der Waals surface area contributed by atoms with E-state index in [9.17, 15) is 9.90 Å². The second kappa shape index (κ2) is 14.9. The van der Waals surface area contributed by atoms with Crippen LogP contribution in [0.25, 0.3) is 0 Å². The molecule has 25 heavy (non-hydrogen) atoms. The molecule has 0 aliphatic rings. The summed E-state index contributed by atoms with van der Waals surface area (Å²) in [5.41, 5.74) is 0.845. The third-order valence-corrected chi connectivity index (χ3v) is 4.68. The molecule has 0 aliphatic carbocycles. The first-order chi connectivity index (χ1) is 12.2. The molecule has 0 saturated heterocycles. The summed E-state index contributed by atoms with van der Waals surface area (Å²) in [6.07, 6.45) is 14.1. The van der Waals surface area contributed by atoms with Crippen LogP contribution in [0.3, 0.4) is 0 Å². The van der Waals surface area contributed by atoms with E-state index in [1.807, 2.05) is 30.3 Å². The minimum Gasteiger partial charge on any atom is -0.387 e. The zero-order valence-corrected chi connectivity index (χ0v) is 16.0. The van der Waals surface area contributed by atoms with Crippen LogP contribution in [0.4, 0.5) is 0 Å². The third-order valence-electron chi connectivity index (χ3n) is 4.68. The first-order valence-electron chi connectivity index (χ1n) is 10.2. The van der Waals surface area contributed by atoms with Gasteiger partial charge in [0, 0.05) is 13.0 Å². The lowest BCUT2D eigenvalue weighted by molar-refractivity contribution is -0.121. The van der Waals surface area contributed by atoms with Crippen LogP contribution < -0.4 is 5.32 Å². The average Bonchev–Trinajstić information content (AvgIpc) is 2.65. The van der Waals surface area contributed by atoms with Crippen LogP contribution in [-0.2, 0) is 4.79 Å². The van der Waals surface area contributed by atoms with Crippen LogP contribution in [-0.4, -0.2) is 17.6 Å². The summed E-state index contributed by atoms with van der Waals surface area (Å²) >= 11 is 0. The molecule has 0 bridgehead atoms. The number of nitrogens with one attached hydrogen (secondary N) is 1. The number of carbonyl (C=O) groups is 1. The van der Waals surface area contributed by atoms with Gasteiger partial charge in [-0.15, -0.1) is 0 Å². The fraction of sp³-hybridized carbons (Fsp3) is 0.682. The van der Waals surface area contributed by atoms with E-state index < -0.39 is 6.10 Å². The SMILES string of the molecule is CCCCCCCCCCCCCC(=O)NCC(O)c1ccccc1. The molecule has 1 atom stereocenters. The van der Waals surface area contributed by atoms with Crippen molar-refractivity contribution in [1.29, 1.82) is 0 Å². The third kappa shape index (κ3) is 11.8. The van der Waals surface area contributed by atoms with Crippen molar-refractivity contribution >= 4 is 5.91 Å². The number of rotatable bonds is 15. The fourth-order valence-electron chi connectivity index (χ4n) is 3.04. The first-order valence-corrected chi connectivity index (χ1v) is 10.2. The maximum Gasteiger partial charge on any atom is 0.220 e. The molecule has 3 heteroatoms. The Morgan fingerprint density at radius 1 is 0.880 bits per heavy atom. The summed E-state index contributed by atoms with van der Waals surface area (Å²) in [5.74, 6) is 0.0471. The Kier molecular flexibility index (Phi) is 13.0. The Hall–Kier alpha value is -1.35. The molecule has 0 spiro atoms. The molecule has 1 unspecified atom stereocenters. The van der Waals surface area contributed by atoms with Gasteiger partial charge in [0.15, 0.2) is 0 Å². The standard InChI is InChI=1S/C22H37NO2/c1-2-3-4-5-6-7-8-9-10-11-15-18-22(25)23-19-21(24)20-16-13-12-14-17-20/h12-14,16-17,21,24H,2-11,15,18-19H2,1H3,(H,23,25). The molecular formula is C22H37NO2. The monoisotopic (exact) mass is 347 g/mol. The van der Waals surface area contributed by atoms with E-state index in [-0.39, 0.29) is 5.91 Å². The second-order valence-electron chi connectivity index (χ2n) is 7.02. The van der Waals surface area contributed by atoms with Crippen LogP contribution in [0.2, 0.25) is 0 Å². The summed E-state index contributed by atoms with van der Waals surface area (Å²) in [6, 6.07) is 9.46. The summed E-state index contributed by atoms with van der Waals surface area (Å²) in [5, 5.41) is 12.8. The topological polar surface area (TPSA) is 49.3 Å². The minimum absolute atomic E-state index is 0.0471. The molecule has 1 aromatic rings. The highest BCUT2D eigenvalue weighted by Crippen LogP contribution is 2.13. The zero-order chi connectivity index (χ0) is 18.2. The normalized spacial score (nSPS) is 12.1. The number of carbonyl (C=O) groups excluding carboxylic acids is 1. The van der Waals surface area contributed by atoms with Gasteiger partial charge in [0.25, 0.3) is 0 Å². The molecule has 3 nitrogen and oxygen atoms in total. The Labute approximate surface area is 154 Å². The van der Waals surface area contributed by atoms with E-state index in [0.29, 0.717) is 13.0 Å². The highest BCUT2D eigenvalue weighted by molar-refractivity contribution is 5.75. The van der Waals surface area contributed by atoms with Gasteiger partial charge < -0.3 is 10.4 Å². The lowest BCUT2D eigenvalue weighted by atomic mass is 10.1. The summed E-state index contributed by atoms with van der Waals surface area (Å²) in [7, 11) is 0. The lowest BCUT2D eigenvalue weighted by Crippen LogP contribution is -2.28. The quantitative estimate of drug-likeness (QED) is 0.409. The molecule has 0 aromatic heterocycles. The summed E-state index contributed by atoms with van der Waals surface area (Å²) in [6.45, 7) is 2.55. The van der Waals surface area contributed by atoms with Crippen LogP contribution in [0.5, 0.6) is 0 Å². The van der Waals surface area contributed by atoms with Crippen molar-refractivity contribution in [2.75, 3.05) is 6.54 Å². The summed E-state index contributed by atoms with van der Waals surface area (Å²) in [4.78, 5) is 11.8. The highest BCUT2D eigenvalue weighted by atomic mass is 16.3. The molecule has 0 heterocycles. The van der Waals surface area contributed by atoms with E-state index in [4.69, 9.17) is 0 Å². The molecule has 1 rings (SSSR count). The molecule has 0 saturated carbocycles. The molecule has 2 N–H and O–H groups in total. The number of aliphatic hydroxyl groups excluding tert-OH is 1. The van der Waals surface area contributed by atoms with Crippen molar-refractivity contribution in [3.05, 3.63) is 35.9 Å². The van der Waals surface area contributed by atoms with Gasteiger partial charge in [-0.05, 0) is 12.0 Å². The van der Waals surface area contributed by atoms with E-state index in [2.05, 4.69) is 12.2 Å². The maximum atomic E-state index is 11.8. The molecule has 0 aliphatic heterocycles. The number of hydrogen-bond acceptors (Lipinski definition) is 2. The van der Waals surface area contributed by atoms with E-state index in [1.165, 1.54) is 57.8 Å². The Morgan fingerprint density at radius 2 is 1.40 bits per heavy atom. The molecular weight excluding hydrogens is 310 g/mol. The fourth-order valence-corrected chi connectivity index (χ4v) is 3.04. The molecule has 0 fully saturated rings. The second-order valence-corrected chi connectivity index (χ2v) is 7.02. The van der Waals surface area contributed by atoms with Crippen LogP contribution >= 0.6 is 0 Å². The number of hydrogen-bond donors (Lipinski definition) is 2. The van der Waals surface area contributed by atoms with Crippen molar-refractivity contribution in [3.63, 3.8) is 0 Å². The predicted octanol–water partition coefficient (Wildman–Crippen LogP) is 5.54. The van der Waals surface area contributed by atoms with E-state index in [1.54, 1.807) is 0 Å². The van der Waals surface area contributed by atoms with Crippen molar-refractivity contribution in [2.24, 2.45) is 0 Å². The molecule has 1 amide bonds. The predicted molar refractivity (Wildman–Crippen MR) is 105 cm³/mol. The highest BCUT2D eigenvalue weighted by Gasteiger charge is 2.08. The number of benzene rings is 1. The van der Waals surface area contributed by atoms with Gasteiger partial charge in [0.05, 0.1) is 6.10 Å². The van der Waals surface area contributed by atoms with Crippen LogP contribution in [0, 0.1) is 0 Å². The Morgan fingerprint density at radius 3 is 1.96 bits per heavy atom. The van der Waals surface area contributed by atoms with Crippen molar-refractivity contribution in [2.45, 2.75) is 90.1 Å². The minimum atomic E-state index is -0.623. The first kappa shape index (κ1) is 21.7. The van der Waals surface area contributed by atoms with E-state index in [0.717, 1.165) is 18.4 Å². The smallest absolute Gasteiger partial charge is 0.220 e. The zero-order valence-electron chi connectivity index (χ0n) is 16.0. The molecule has 142 valence electrons. The Balaban J connectivity index is 1.90.